The van der Waals surface area contributed by atoms with Gasteiger partial charge in [0.25, 0.3) is 0 Å². The molecule has 28 heavy (non-hydrogen) atoms. The lowest BCUT2D eigenvalue weighted by Crippen LogP contribution is -2.22. The fraction of sp³-hybridized carbons (Fsp3) is 0.211. The van der Waals surface area contributed by atoms with Gasteiger partial charge in [0.05, 0.1) is 10.8 Å². The summed E-state index contributed by atoms with van der Waals surface area (Å²) in [4.78, 5) is 12.5. The Bertz CT molecular complexity index is 1040. The van der Waals surface area contributed by atoms with Gasteiger partial charge in [-0.2, -0.15) is 0 Å². The topological polar surface area (TPSA) is 78.3 Å². The van der Waals surface area contributed by atoms with Gasteiger partial charge in [0, 0.05) is 18.8 Å². The fourth-order valence-electron chi connectivity index (χ4n) is 2.72. The van der Waals surface area contributed by atoms with E-state index >= 15 is 0 Å². The molecule has 1 amide bonds. The molecule has 144 valence electrons. The highest BCUT2D eigenvalue weighted by atomic mass is 32.2. The van der Waals surface area contributed by atoms with Gasteiger partial charge in [-0.15, -0.1) is 10.2 Å². The van der Waals surface area contributed by atoms with E-state index in [9.17, 15) is 9.18 Å². The molecule has 2 aromatic carbocycles. The van der Waals surface area contributed by atoms with Crippen molar-refractivity contribution in [2.75, 3.05) is 12.1 Å². The number of thioether (sulfide) groups is 1. The Labute approximate surface area is 164 Å². The van der Waals surface area contributed by atoms with E-state index in [1.807, 2.05) is 0 Å². The van der Waals surface area contributed by atoms with Gasteiger partial charge in [-0.25, -0.2) is 4.39 Å². The summed E-state index contributed by atoms with van der Waals surface area (Å²) in [7, 11) is 1.74. The number of ether oxygens (including phenoxy) is 2. The van der Waals surface area contributed by atoms with Crippen molar-refractivity contribution in [2.45, 2.75) is 17.3 Å². The van der Waals surface area contributed by atoms with E-state index in [-0.39, 0.29) is 18.5 Å². The molecule has 7 nitrogen and oxygen atoms in total. The zero-order valence-electron chi connectivity index (χ0n) is 15.2. The quantitative estimate of drug-likeness (QED) is 0.661. The summed E-state index contributed by atoms with van der Waals surface area (Å²) in [5.41, 5.74) is 0.980. The molecule has 9 heteroatoms. The molecule has 4 rings (SSSR count). The van der Waals surface area contributed by atoms with E-state index < -0.39 is 5.25 Å². The highest BCUT2D eigenvalue weighted by molar-refractivity contribution is 8.00. The number of carbonyl (C=O) groups excluding carboxylic acids is 1. The van der Waals surface area contributed by atoms with Gasteiger partial charge in [-0.1, -0.05) is 23.9 Å². The molecule has 1 atom stereocenters. The van der Waals surface area contributed by atoms with Crippen LogP contribution in [0.2, 0.25) is 0 Å². The van der Waals surface area contributed by atoms with E-state index in [2.05, 4.69) is 15.5 Å². The van der Waals surface area contributed by atoms with Crippen molar-refractivity contribution < 1.29 is 18.7 Å². The summed E-state index contributed by atoms with van der Waals surface area (Å²) < 4.78 is 26.3. The van der Waals surface area contributed by atoms with E-state index in [0.29, 0.717) is 33.7 Å². The summed E-state index contributed by atoms with van der Waals surface area (Å²) in [6.07, 6.45) is 0. The smallest absolute Gasteiger partial charge is 0.237 e. The molecule has 1 N–H and O–H groups in total. The van der Waals surface area contributed by atoms with Crippen molar-refractivity contribution >= 4 is 23.4 Å². The summed E-state index contributed by atoms with van der Waals surface area (Å²) in [5, 5.41) is 11.1. The molecule has 0 saturated carbocycles. The molecule has 0 spiro atoms. The number of carbonyl (C=O) groups is 1. The van der Waals surface area contributed by atoms with Crippen molar-refractivity contribution in [1.82, 2.24) is 14.8 Å². The summed E-state index contributed by atoms with van der Waals surface area (Å²) in [6, 6.07) is 11.6. The van der Waals surface area contributed by atoms with Crippen LogP contribution in [0.15, 0.2) is 47.6 Å². The molecule has 0 fully saturated rings. The highest BCUT2D eigenvalue weighted by Crippen LogP contribution is 2.34. The molecule has 0 unspecified atom stereocenters. The monoisotopic (exact) mass is 400 g/mol. The predicted octanol–water partition coefficient (Wildman–Crippen LogP) is 3.47. The third-order valence-electron chi connectivity index (χ3n) is 4.24. The molecule has 1 aromatic heterocycles. The SMILES string of the molecule is C[C@H](Sc1nnc(-c2ccccc2F)n1C)C(=O)Nc1ccc2c(c1)OCO2. The average molecular weight is 400 g/mol. The Kier molecular flexibility index (Phi) is 4.91. The Morgan fingerprint density at radius 2 is 2.00 bits per heavy atom. The summed E-state index contributed by atoms with van der Waals surface area (Å²) in [6.45, 7) is 1.94. The van der Waals surface area contributed by atoms with Crippen LogP contribution >= 0.6 is 11.8 Å². The molecule has 1 aliphatic rings. The number of nitrogens with zero attached hydrogens (tertiary/aromatic N) is 3. The van der Waals surface area contributed by atoms with Gasteiger partial charge < -0.3 is 19.4 Å². The molecule has 0 radical (unpaired) electrons. The fourth-order valence-corrected chi connectivity index (χ4v) is 3.54. The van der Waals surface area contributed by atoms with Crippen molar-refractivity contribution in [2.24, 2.45) is 7.05 Å². The van der Waals surface area contributed by atoms with Crippen LogP contribution in [0.25, 0.3) is 11.4 Å². The number of halogens is 1. The van der Waals surface area contributed by atoms with Crippen LogP contribution in [0, 0.1) is 5.82 Å². The highest BCUT2D eigenvalue weighted by Gasteiger charge is 2.21. The largest absolute Gasteiger partial charge is 0.454 e. The minimum absolute atomic E-state index is 0.176. The van der Waals surface area contributed by atoms with Gasteiger partial charge in [0.15, 0.2) is 22.5 Å². The van der Waals surface area contributed by atoms with Crippen LogP contribution in [-0.2, 0) is 11.8 Å². The number of amides is 1. The third-order valence-corrected chi connectivity index (χ3v) is 5.38. The zero-order valence-corrected chi connectivity index (χ0v) is 16.0. The number of hydrogen-bond acceptors (Lipinski definition) is 6. The zero-order chi connectivity index (χ0) is 19.7. The first-order valence-corrected chi connectivity index (χ1v) is 9.42. The summed E-state index contributed by atoms with van der Waals surface area (Å²) in [5.74, 6) is 1.09. The van der Waals surface area contributed by atoms with Crippen molar-refractivity contribution in [3.05, 3.63) is 48.3 Å². The van der Waals surface area contributed by atoms with Crippen molar-refractivity contribution in [3.63, 3.8) is 0 Å². The number of anilines is 1. The van der Waals surface area contributed by atoms with E-state index in [1.54, 1.807) is 54.9 Å². The van der Waals surface area contributed by atoms with Crippen LogP contribution in [0.3, 0.4) is 0 Å². The second-order valence-corrected chi connectivity index (χ2v) is 7.47. The molecule has 2 heterocycles. The van der Waals surface area contributed by atoms with Crippen molar-refractivity contribution in [3.8, 4) is 22.9 Å². The second kappa shape index (κ2) is 7.51. The van der Waals surface area contributed by atoms with Gasteiger partial charge in [-0.05, 0) is 31.2 Å². The number of nitrogens with one attached hydrogen (secondary N) is 1. The van der Waals surface area contributed by atoms with Crippen LogP contribution in [0.1, 0.15) is 6.92 Å². The molecule has 0 saturated heterocycles. The number of aromatic nitrogens is 3. The lowest BCUT2D eigenvalue weighted by molar-refractivity contribution is -0.115. The number of rotatable bonds is 5. The molecular weight excluding hydrogens is 383 g/mol. The maximum absolute atomic E-state index is 14.0. The van der Waals surface area contributed by atoms with Gasteiger partial charge in [-0.3, -0.25) is 4.79 Å². The molecule has 0 bridgehead atoms. The third kappa shape index (κ3) is 3.53. The lowest BCUT2D eigenvalue weighted by Gasteiger charge is -2.12. The van der Waals surface area contributed by atoms with Gasteiger partial charge >= 0.3 is 0 Å². The average Bonchev–Trinajstić information content (AvgIpc) is 3.29. The van der Waals surface area contributed by atoms with E-state index in [1.165, 1.54) is 17.8 Å². The Morgan fingerprint density at radius 1 is 1.21 bits per heavy atom. The first-order valence-electron chi connectivity index (χ1n) is 8.54. The molecule has 1 aliphatic heterocycles. The number of fused-ring (bicyclic) bond motifs is 1. The second-order valence-electron chi connectivity index (χ2n) is 6.16. The first kappa shape index (κ1) is 18.3. The Hall–Kier alpha value is -3.07. The van der Waals surface area contributed by atoms with Crippen molar-refractivity contribution in [1.29, 1.82) is 0 Å². The molecule has 3 aromatic rings. The predicted molar refractivity (Wildman–Crippen MR) is 103 cm³/mol. The van der Waals surface area contributed by atoms with E-state index in [0.717, 1.165) is 0 Å². The minimum Gasteiger partial charge on any atom is -0.454 e. The number of hydrogen-bond donors (Lipinski definition) is 1. The number of benzene rings is 2. The van der Waals surface area contributed by atoms with E-state index in [4.69, 9.17) is 9.47 Å². The first-order chi connectivity index (χ1) is 13.5. The Balaban J connectivity index is 1.46. The normalized spacial score (nSPS) is 13.4. The van der Waals surface area contributed by atoms with Crippen LogP contribution < -0.4 is 14.8 Å². The molecule has 0 aliphatic carbocycles. The van der Waals surface area contributed by atoms with Crippen LogP contribution in [-0.4, -0.2) is 32.7 Å². The maximum atomic E-state index is 14.0. The standard InChI is InChI=1S/C19H17FN4O3S/c1-11(18(25)21-12-7-8-15-16(9-12)27-10-26-15)28-19-23-22-17(24(19)2)13-5-3-4-6-14(13)20/h3-9,11H,10H2,1-2H3,(H,21,25)/t11-/m0/s1. The van der Waals surface area contributed by atoms with Gasteiger partial charge in [0.1, 0.15) is 5.82 Å². The summed E-state index contributed by atoms with van der Waals surface area (Å²) >= 11 is 1.24. The Morgan fingerprint density at radius 3 is 2.82 bits per heavy atom. The van der Waals surface area contributed by atoms with Crippen LogP contribution in [0.5, 0.6) is 11.5 Å². The minimum atomic E-state index is -0.443. The lowest BCUT2D eigenvalue weighted by atomic mass is 10.2. The van der Waals surface area contributed by atoms with Gasteiger partial charge in [0.2, 0.25) is 12.7 Å². The maximum Gasteiger partial charge on any atom is 0.237 e. The molecular formula is C19H17FN4O3S. The van der Waals surface area contributed by atoms with Crippen LogP contribution in [0.4, 0.5) is 10.1 Å².